The van der Waals surface area contributed by atoms with Crippen molar-refractivity contribution < 1.29 is 34.4 Å². The molecule has 33 heavy (non-hydrogen) atoms. The Balaban J connectivity index is 3.09. The van der Waals surface area contributed by atoms with Crippen LogP contribution in [-0.4, -0.2) is 64.4 Å². The number of carbonyl (C=O) groups excluding carboxylic acids is 2. The number of carboxylic acid groups (broad SMARTS) is 1. The fourth-order valence-electron chi connectivity index (χ4n) is 4.35. The normalized spacial score (nSPS) is 31.3. The first kappa shape index (κ1) is 29.0. The molecule has 0 aromatic rings. The first-order valence-corrected chi connectivity index (χ1v) is 11.7. The van der Waals surface area contributed by atoms with E-state index in [2.05, 4.69) is 5.32 Å². The van der Waals surface area contributed by atoms with Gasteiger partial charge in [0.05, 0.1) is 18.6 Å². The van der Waals surface area contributed by atoms with Crippen LogP contribution in [-0.2, 0) is 19.1 Å². The molecule has 0 saturated heterocycles. The van der Waals surface area contributed by atoms with Crippen molar-refractivity contribution in [2.75, 3.05) is 7.11 Å². The first-order chi connectivity index (χ1) is 15.4. The number of carbonyl (C=O) groups is 3. The first-order valence-electron chi connectivity index (χ1n) is 11.7. The fourth-order valence-corrected chi connectivity index (χ4v) is 4.35. The largest absolute Gasteiger partial charge is 0.481 e. The van der Waals surface area contributed by atoms with Crippen LogP contribution < -0.4 is 5.32 Å². The summed E-state index contributed by atoms with van der Waals surface area (Å²) in [6.07, 6.45) is 3.88. The van der Waals surface area contributed by atoms with Gasteiger partial charge in [0.1, 0.15) is 11.9 Å². The number of amides is 1. The summed E-state index contributed by atoms with van der Waals surface area (Å²) >= 11 is 0. The molecular formula is C25H41NO7. The van der Waals surface area contributed by atoms with Crippen LogP contribution in [0.15, 0.2) is 23.8 Å². The van der Waals surface area contributed by atoms with Crippen LogP contribution in [0.3, 0.4) is 0 Å². The Morgan fingerprint density at radius 2 is 1.85 bits per heavy atom. The zero-order valence-corrected chi connectivity index (χ0v) is 20.7. The standard InChI is InChI=1S/C25H41NO7/c1-14-8-7-9-15(2)22(26-25(32)24(31)19(27)11-10-14)16(3)12-17(4)23(30)18(5)20(33-6)13-21(28)29/h10-12,14-15,17-20,22,24,27,31H,7-9,13H2,1-6H3,(H,26,32)(H,28,29)/b11-10+,16-12+/t14-,15+,17-,18-,19-,20-,22+,24-/m1/s1. The summed E-state index contributed by atoms with van der Waals surface area (Å²) in [5.41, 5.74) is 0.776. The molecule has 0 bridgehead atoms. The molecule has 0 unspecified atom stereocenters. The molecular weight excluding hydrogens is 426 g/mol. The summed E-state index contributed by atoms with van der Waals surface area (Å²) in [5.74, 6) is -2.72. The van der Waals surface area contributed by atoms with Gasteiger partial charge in [-0.1, -0.05) is 57.9 Å². The Bertz CT molecular complexity index is 732. The second-order valence-corrected chi connectivity index (χ2v) is 9.45. The van der Waals surface area contributed by atoms with E-state index in [1.165, 1.54) is 13.2 Å². The predicted octanol–water partition coefficient (Wildman–Crippen LogP) is 2.48. The van der Waals surface area contributed by atoms with Crippen molar-refractivity contribution in [2.24, 2.45) is 23.7 Å². The van der Waals surface area contributed by atoms with E-state index in [1.54, 1.807) is 19.9 Å². The van der Waals surface area contributed by atoms with Gasteiger partial charge in [-0.05, 0) is 31.6 Å². The molecule has 1 rings (SSSR count). The van der Waals surface area contributed by atoms with Gasteiger partial charge in [-0.2, -0.15) is 0 Å². The van der Waals surface area contributed by atoms with E-state index < -0.39 is 48.1 Å². The van der Waals surface area contributed by atoms with Crippen molar-refractivity contribution in [1.82, 2.24) is 5.32 Å². The van der Waals surface area contributed by atoms with Gasteiger partial charge >= 0.3 is 5.97 Å². The highest BCUT2D eigenvalue weighted by Gasteiger charge is 2.31. The Labute approximate surface area is 197 Å². The number of allylic oxidation sites excluding steroid dienone is 2. The Morgan fingerprint density at radius 3 is 2.42 bits per heavy atom. The van der Waals surface area contributed by atoms with E-state index in [4.69, 9.17) is 9.84 Å². The summed E-state index contributed by atoms with van der Waals surface area (Å²) < 4.78 is 5.22. The number of ketones is 1. The summed E-state index contributed by atoms with van der Waals surface area (Å²) in [5, 5.41) is 32.3. The maximum absolute atomic E-state index is 12.9. The number of carboxylic acids is 1. The van der Waals surface area contributed by atoms with Crippen molar-refractivity contribution >= 4 is 17.7 Å². The lowest BCUT2D eigenvalue weighted by Gasteiger charge is -2.29. The highest BCUT2D eigenvalue weighted by molar-refractivity contribution is 5.86. The number of hydrogen-bond donors (Lipinski definition) is 4. The molecule has 188 valence electrons. The van der Waals surface area contributed by atoms with Gasteiger partial charge in [0.25, 0.3) is 5.91 Å². The number of rotatable bonds is 8. The second-order valence-electron chi connectivity index (χ2n) is 9.45. The average molecular weight is 468 g/mol. The minimum atomic E-state index is -1.59. The Morgan fingerprint density at radius 1 is 1.21 bits per heavy atom. The number of Topliss-reactive ketones (excluding diaryl/α,β-unsaturated/α-hetero) is 1. The quantitative estimate of drug-likeness (QED) is 0.403. The molecule has 0 spiro atoms. The molecule has 0 saturated carbocycles. The SMILES string of the molecule is CO[C@H](CC(=O)O)[C@@H](C)C(=O)[C@H](C)/C=C(\C)[C@H]1NC(=O)[C@H](O)[C@H](O)/C=C/[C@H](C)CCC[C@@H]1C. The molecule has 4 N–H and O–H groups in total. The van der Waals surface area contributed by atoms with Crippen LogP contribution >= 0.6 is 0 Å². The van der Waals surface area contributed by atoms with Gasteiger partial charge in [0, 0.05) is 18.9 Å². The number of hydrogen-bond acceptors (Lipinski definition) is 6. The number of aliphatic hydroxyl groups excluding tert-OH is 2. The molecule has 8 nitrogen and oxygen atoms in total. The zero-order chi connectivity index (χ0) is 25.3. The summed E-state index contributed by atoms with van der Waals surface area (Å²) in [6, 6.07) is -0.416. The van der Waals surface area contributed by atoms with E-state index in [1.807, 2.05) is 26.8 Å². The van der Waals surface area contributed by atoms with E-state index >= 15 is 0 Å². The zero-order valence-electron chi connectivity index (χ0n) is 20.7. The molecule has 0 fully saturated rings. The van der Waals surface area contributed by atoms with Gasteiger partial charge in [0.15, 0.2) is 6.10 Å². The van der Waals surface area contributed by atoms with E-state index in [0.717, 1.165) is 24.8 Å². The fraction of sp³-hybridized carbons (Fsp3) is 0.720. The van der Waals surface area contributed by atoms with Crippen LogP contribution in [0.4, 0.5) is 0 Å². The van der Waals surface area contributed by atoms with Crippen LogP contribution in [0, 0.1) is 23.7 Å². The monoisotopic (exact) mass is 467 g/mol. The number of aliphatic hydroxyl groups is 2. The van der Waals surface area contributed by atoms with E-state index in [9.17, 15) is 24.6 Å². The van der Waals surface area contributed by atoms with Crippen LogP contribution in [0.2, 0.25) is 0 Å². The summed E-state index contributed by atoms with van der Waals surface area (Å²) in [6.45, 7) is 9.27. The van der Waals surface area contributed by atoms with Crippen LogP contribution in [0.5, 0.6) is 0 Å². The van der Waals surface area contributed by atoms with Gasteiger partial charge in [0.2, 0.25) is 0 Å². The molecule has 0 aromatic carbocycles. The van der Waals surface area contributed by atoms with E-state index in [0.29, 0.717) is 0 Å². The number of nitrogens with one attached hydrogen (secondary N) is 1. The number of aliphatic carboxylic acids is 1. The van der Waals surface area contributed by atoms with E-state index in [-0.39, 0.29) is 24.0 Å². The smallest absolute Gasteiger partial charge is 0.306 e. The molecule has 1 aliphatic heterocycles. The highest BCUT2D eigenvalue weighted by atomic mass is 16.5. The van der Waals surface area contributed by atoms with Crippen LogP contribution in [0.1, 0.15) is 60.3 Å². The van der Waals surface area contributed by atoms with Crippen molar-refractivity contribution in [3.8, 4) is 0 Å². The van der Waals surface area contributed by atoms with Gasteiger partial charge < -0.3 is 25.4 Å². The molecule has 0 radical (unpaired) electrons. The molecule has 0 aromatic heterocycles. The van der Waals surface area contributed by atoms with Crippen LogP contribution in [0.25, 0.3) is 0 Å². The predicted molar refractivity (Wildman–Crippen MR) is 125 cm³/mol. The molecule has 8 heteroatoms. The molecule has 8 atom stereocenters. The molecule has 1 heterocycles. The Kier molecular flexibility index (Phi) is 12.0. The maximum Gasteiger partial charge on any atom is 0.306 e. The second kappa shape index (κ2) is 13.6. The molecule has 0 aliphatic carbocycles. The van der Waals surface area contributed by atoms with Crippen molar-refractivity contribution in [2.45, 2.75) is 84.7 Å². The average Bonchev–Trinajstić information content (AvgIpc) is 2.76. The van der Waals surface area contributed by atoms with Gasteiger partial charge in [-0.3, -0.25) is 14.4 Å². The van der Waals surface area contributed by atoms with Crippen molar-refractivity contribution in [3.63, 3.8) is 0 Å². The summed E-state index contributed by atoms with van der Waals surface area (Å²) in [7, 11) is 1.39. The topological polar surface area (TPSA) is 133 Å². The Hall–Kier alpha value is -2.03. The minimum Gasteiger partial charge on any atom is -0.481 e. The third-order valence-electron chi connectivity index (χ3n) is 6.55. The van der Waals surface area contributed by atoms with Gasteiger partial charge in [-0.15, -0.1) is 0 Å². The highest BCUT2D eigenvalue weighted by Crippen LogP contribution is 2.24. The van der Waals surface area contributed by atoms with Crippen molar-refractivity contribution in [3.05, 3.63) is 23.8 Å². The number of ether oxygens (including phenoxy) is 1. The summed E-state index contributed by atoms with van der Waals surface area (Å²) in [4.78, 5) is 36.6. The van der Waals surface area contributed by atoms with Gasteiger partial charge in [-0.25, -0.2) is 0 Å². The molecule has 1 aliphatic rings. The third-order valence-corrected chi connectivity index (χ3v) is 6.55. The lowest BCUT2D eigenvalue weighted by Crippen LogP contribution is -2.48. The number of methoxy groups -OCH3 is 1. The van der Waals surface area contributed by atoms with Crippen molar-refractivity contribution in [1.29, 1.82) is 0 Å². The lowest BCUT2D eigenvalue weighted by molar-refractivity contribution is -0.142. The maximum atomic E-state index is 12.9. The third kappa shape index (κ3) is 9.02. The lowest BCUT2D eigenvalue weighted by atomic mass is 9.84. The molecule has 1 amide bonds. The minimum absolute atomic E-state index is 0.0450.